The second kappa shape index (κ2) is 3.94. The molecule has 1 aliphatic carbocycles. The van der Waals surface area contributed by atoms with E-state index >= 15 is 0 Å². The van der Waals surface area contributed by atoms with Crippen molar-refractivity contribution < 1.29 is 9.59 Å². The van der Waals surface area contributed by atoms with E-state index in [0.29, 0.717) is 6.42 Å². The SMILES string of the molecule is CCC1=CC=CC(=O)C1=NC(C)=O. The highest BCUT2D eigenvalue weighted by molar-refractivity contribution is 6.51. The summed E-state index contributed by atoms with van der Waals surface area (Å²) in [6.07, 6.45) is 5.62. The number of rotatable bonds is 1. The van der Waals surface area contributed by atoms with Crippen LogP contribution in [0.1, 0.15) is 20.3 Å². The van der Waals surface area contributed by atoms with Crippen molar-refractivity contribution in [3.05, 3.63) is 23.8 Å². The van der Waals surface area contributed by atoms with Gasteiger partial charge in [0.1, 0.15) is 5.71 Å². The van der Waals surface area contributed by atoms with E-state index in [0.717, 1.165) is 5.57 Å². The molecule has 3 nitrogen and oxygen atoms in total. The molecule has 0 aromatic heterocycles. The molecule has 0 bridgehead atoms. The molecule has 68 valence electrons. The van der Waals surface area contributed by atoms with Crippen LogP contribution in [0.4, 0.5) is 0 Å². The molecule has 0 fully saturated rings. The topological polar surface area (TPSA) is 46.5 Å². The Labute approximate surface area is 76.9 Å². The van der Waals surface area contributed by atoms with Crippen LogP contribution in [0.3, 0.4) is 0 Å². The molecule has 0 heterocycles. The summed E-state index contributed by atoms with van der Waals surface area (Å²) >= 11 is 0. The number of amides is 1. The van der Waals surface area contributed by atoms with Gasteiger partial charge in [-0.3, -0.25) is 9.59 Å². The number of hydrogen-bond donors (Lipinski definition) is 0. The van der Waals surface area contributed by atoms with Crippen molar-refractivity contribution in [2.24, 2.45) is 4.99 Å². The molecule has 13 heavy (non-hydrogen) atoms. The largest absolute Gasteiger partial charge is 0.288 e. The van der Waals surface area contributed by atoms with E-state index in [1.165, 1.54) is 13.0 Å². The van der Waals surface area contributed by atoms with Crippen LogP contribution in [0.5, 0.6) is 0 Å². The van der Waals surface area contributed by atoms with Crippen LogP contribution in [0.2, 0.25) is 0 Å². The summed E-state index contributed by atoms with van der Waals surface area (Å²) < 4.78 is 0. The van der Waals surface area contributed by atoms with Gasteiger partial charge in [-0.05, 0) is 18.1 Å². The quantitative estimate of drug-likeness (QED) is 0.569. The number of ketones is 1. The van der Waals surface area contributed by atoms with Crippen LogP contribution < -0.4 is 0 Å². The maximum atomic E-state index is 11.3. The minimum absolute atomic E-state index is 0.186. The van der Waals surface area contributed by atoms with E-state index in [9.17, 15) is 9.59 Å². The predicted octanol–water partition coefficient (Wildman–Crippen LogP) is 1.45. The first kappa shape index (κ1) is 9.58. The summed E-state index contributed by atoms with van der Waals surface area (Å²) in [6.45, 7) is 3.26. The molecule has 0 spiro atoms. The van der Waals surface area contributed by atoms with Crippen molar-refractivity contribution in [3.8, 4) is 0 Å². The average molecular weight is 177 g/mol. The standard InChI is InChI=1S/C10H11NO2/c1-3-8-5-4-6-9(13)10(8)11-7(2)12/h4-6H,3H2,1-2H3. The Kier molecular flexibility index (Phi) is 2.90. The van der Waals surface area contributed by atoms with Crippen LogP contribution in [0, 0.1) is 0 Å². The fourth-order valence-corrected chi connectivity index (χ4v) is 1.14. The number of aliphatic imine (C=N–C) groups is 1. The van der Waals surface area contributed by atoms with E-state index in [4.69, 9.17) is 0 Å². The summed E-state index contributed by atoms with van der Waals surface area (Å²) in [5, 5.41) is 0. The van der Waals surface area contributed by atoms with Gasteiger partial charge in [0.25, 0.3) is 0 Å². The minimum Gasteiger partial charge on any atom is -0.288 e. The second-order valence-electron chi connectivity index (χ2n) is 2.75. The Bertz CT molecular complexity index is 335. The second-order valence-corrected chi connectivity index (χ2v) is 2.75. The van der Waals surface area contributed by atoms with E-state index in [1.807, 2.05) is 13.0 Å². The lowest BCUT2D eigenvalue weighted by Crippen LogP contribution is -2.17. The molecular formula is C10H11NO2. The van der Waals surface area contributed by atoms with Gasteiger partial charge in [0.15, 0.2) is 0 Å². The molecule has 0 atom stereocenters. The van der Waals surface area contributed by atoms with Crippen molar-refractivity contribution in [2.45, 2.75) is 20.3 Å². The van der Waals surface area contributed by atoms with Crippen molar-refractivity contribution in [2.75, 3.05) is 0 Å². The van der Waals surface area contributed by atoms with Crippen LogP contribution >= 0.6 is 0 Å². The van der Waals surface area contributed by atoms with Gasteiger partial charge in [-0.25, -0.2) is 4.99 Å². The zero-order valence-electron chi connectivity index (χ0n) is 7.70. The minimum atomic E-state index is -0.335. The normalized spacial score (nSPS) is 19.1. The van der Waals surface area contributed by atoms with Crippen LogP contribution in [0.15, 0.2) is 28.8 Å². The van der Waals surface area contributed by atoms with Gasteiger partial charge >= 0.3 is 0 Å². The number of nitrogens with zero attached hydrogens (tertiary/aromatic N) is 1. The number of carbonyl (C=O) groups is 2. The molecule has 1 rings (SSSR count). The lowest BCUT2D eigenvalue weighted by Gasteiger charge is -2.07. The molecule has 3 heteroatoms. The smallest absolute Gasteiger partial charge is 0.243 e. The summed E-state index contributed by atoms with van der Waals surface area (Å²) in [5.74, 6) is -0.521. The first-order chi connectivity index (χ1) is 6.15. The van der Waals surface area contributed by atoms with Gasteiger partial charge in [0.2, 0.25) is 11.7 Å². The lowest BCUT2D eigenvalue weighted by molar-refractivity contribution is -0.116. The fraction of sp³-hybridized carbons (Fsp3) is 0.300. The monoisotopic (exact) mass is 177 g/mol. The van der Waals surface area contributed by atoms with Crippen molar-refractivity contribution in [3.63, 3.8) is 0 Å². The maximum absolute atomic E-state index is 11.3. The van der Waals surface area contributed by atoms with E-state index < -0.39 is 0 Å². The van der Waals surface area contributed by atoms with Gasteiger partial charge in [-0.15, -0.1) is 0 Å². The van der Waals surface area contributed by atoms with E-state index in [1.54, 1.807) is 6.08 Å². The van der Waals surface area contributed by atoms with Crippen LogP contribution in [-0.2, 0) is 9.59 Å². The molecule has 0 saturated heterocycles. The van der Waals surface area contributed by atoms with Crippen molar-refractivity contribution >= 4 is 17.4 Å². The third-order valence-electron chi connectivity index (χ3n) is 1.73. The molecule has 0 radical (unpaired) electrons. The fourth-order valence-electron chi connectivity index (χ4n) is 1.14. The molecule has 1 amide bonds. The molecule has 0 aromatic carbocycles. The first-order valence-electron chi connectivity index (χ1n) is 4.16. The maximum Gasteiger partial charge on any atom is 0.243 e. The average Bonchev–Trinajstić information content (AvgIpc) is 2.08. The molecule has 0 unspecified atom stereocenters. The van der Waals surface area contributed by atoms with Gasteiger partial charge in [-0.2, -0.15) is 0 Å². The predicted molar refractivity (Wildman–Crippen MR) is 50.6 cm³/mol. The van der Waals surface area contributed by atoms with Gasteiger partial charge < -0.3 is 0 Å². The van der Waals surface area contributed by atoms with Crippen LogP contribution in [0.25, 0.3) is 0 Å². The Hall–Kier alpha value is -1.51. The summed E-state index contributed by atoms with van der Waals surface area (Å²) in [7, 11) is 0. The summed E-state index contributed by atoms with van der Waals surface area (Å²) in [4.78, 5) is 25.7. The van der Waals surface area contributed by atoms with E-state index in [-0.39, 0.29) is 17.4 Å². The highest BCUT2D eigenvalue weighted by atomic mass is 16.1. The Morgan fingerprint density at radius 1 is 1.54 bits per heavy atom. The van der Waals surface area contributed by atoms with Crippen molar-refractivity contribution in [1.29, 1.82) is 0 Å². The number of allylic oxidation sites excluding steroid dienone is 4. The zero-order valence-corrected chi connectivity index (χ0v) is 7.70. The van der Waals surface area contributed by atoms with Gasteiger partial charge in [0, 0.05) is 6.92 Å². The zero-order chi connectivity index (χ0) is 9.84. The number of hydrogen-bond acceptors (Lipinski definition) is 2. The molecular weight excluding hydrogens is 166 g/mol. The molecule has 0 aromatic rings. The first-order valence-corrected chi connectivity index (χ1v) is 4.16. The van der Waals surface area contributed by atoms with Crippen LogP contribution in [-0.4, -0.2) is 17.4 Å². The Morgan fingerprint density at radius 2 is 2.23 bits per heavy atom. The summed E-state index contributed by atoms with van der Waals surface area (Å²) in [5.41, 5.74) is 1.11. The molecule has 0 aliphatic heterocycles. The molecule has 1 aliphatic rings. The highest BCUT2D eigenvalue weighted by Gasteiger charge is 2.15. The van der Waals surface area contributed by atoms with Gasteiger partial charge in [-0.1, -0.05) is 19.1 Å². The van der Waals surface area contributed by atoms with E-state index in [2.05, 4.69) is 4.99 Å². The lowest BCUT2D eigenvalue weighted by atomic mass is 9.99. The third-order valence-corrected chi connectivity index (χ3v) is 1.73. The van der Waals surface area contributed by atoms with Crippen molar-refractivity contribution in [1.82, 2.24) is 0 Å². The highest BCUT2D eigenvalue weighted by Crippen LogP contribution is 2.10. The third kappa shape index (κ3) is 2.21. The molecule has 0 N–H and O–H groups in total. The Balaban J connectivity index is 3.06. The van der Waals surface area contributed by atoms with Gasteiger partial charge in [0.05, 0.1) is 0 Å². The summed E-state index contributed by atoms with van der Waals surface area (Å²) in [6, 6.07) is 0. The Morgan fingerprint density at radius 3 is 2.77 bits per heavy atom. The molecule has 0 saturated carbocycles. The number of carbonyl (C=O) groups excluding carboxylic acids is 2.